The van der Waals surface area contributed by atoms with Crippen LogP contribution in [0.5, 0.6) is 0 Å². The van der Waals surface area contributed by atoms with Crippen LogP contribution in [0.3, 0.4) is 0 Å². The Bertz CT molecular complexity index is 608. The number of thiophene rings is 1. The SMILES string of the molecule is CC(Cc1cccs1)Nc1ccc(C(=O)N(C)C)cc1N. The second-order valence-electron chi connectivity index (χ2n) is 5.33. The quantitative estimate of drug-likeness (QED) is 0.835. The average Bonchev–Trinajstić information content (AvgIpc) is 2.92. The van der Waals surface area contributed by atoms with E-state index in [1.165, 1.54) is 4.88 Å². The van der Waals surface area contributed by atoms with Gasteiger partial charge >= 0.3 is 0 Å². The van der Waals surface area contributed by atoms with Gasteiger partial charge in [-0.1, -0.05) is 6.07 Å². The second kappa shape index (κ2) is 6.63. The fourth-order valence-corrected chi connectivity index (χ4v) is 2.97. The molecule has 1 heterocycles. The normalized spacial score (nSPS) is 12.0. The molecular weight excluding hydrogens is 282 g/mol. The Morgan fingerprint density at radius 1 is 1.38 bits per heavy atom. The van der Waals surface area contributed by atoms with E-state index in [-0.39, 0.29) is 11.9 Å². The van der Waals surface area contributed by atoms with Crippen molar-refractivity contribution in [3.05, 3.63) is 46.2 Å². The first-order valence-corrected chi connectivity index (χ1v) is 7.75. The van der Waals surface area contributed by atoms with Crippen LogP contribution in [-0.4, -0.2) is 30.9 Å². The zero-order chi connectivity index (χ0) is 15.4. The number of carbonyl (C=O) groups is 1. The molecule has 5 heteroatoms. The second-order valence-corrected chi connectivity index (χ2v) is 6.36. The van der Waals surface area contributed by atoms with Crippen LogP contribution in [0, 0.1) is 0 Å². The van der Waals surface area contributed by atoms with Gasteiger partial charge in [-0.2, -0.15) is 0 Å². The van der Waals surface area contributed by atoms with E-state index >= 15 is 0 Å². The molecule has 1 unspecified atom stereocenters. The number of hydrogen-bond acceptors (Lipinski definition) is 4. The molecule has 0 saturated heterocycles. The Morgan fingerprint density at radius 3 is 2.71 bits per heavy atom. The summed E-state index contributed by atoms with van der Waals surface area (Å²) in [6.45, 7) is 2.12. The van der Waals surface area contributed by atoms with Crippen LogP contribution in [0.2, 0.25) is 0 Å². The zero-order valence-corrected chi connectivity index (χ0v) is 13.4. The van der Waals surface area contributed by atoms with Gasteiger partial charge in [0.1, 0.15) is 0 Å². The molecule has 0 radical (unpaired) electrons. The van der Waals surface area contributed by atoms with E-state index in [1.807, 2.05) is 6.07 Å². The Hall–Kier alpha value is -2.01. The number of nitrogens with two attached hydrogens (primary N) is 1. The lowest BCUT2D eigenvalue weighted by molar-refractivity contribution is 0.0827. The van der Waals surface area contributed by atoms with Crippen LogP contribution in [-0.2, 0) is 6.42 Å². The third-order valence-electron chi connectivity index (χ3n) is 3.19. The molecule has 0 aliphatic rings. The Labute approximate surface area is 129 Å². The van der Waals surface area contributed by atoms with Crippen LogP contribution in [0.4, 0.5) is 11.4 Å². The highest BCUT2D eigenvalue weighted by molar-refractivity contribution is 7.09. The summed E-state index contributed by atoms with van der Waals surface area (Å²) >= 11 is 1.75. The lowest BCUT2D eigenvalue weighted by Crippen LogP contribution is -2.22. The molecular formula is C16H21N3OS. The third-order valence-corrected chi connectivity index (χ3v) is 4.09. The van der Waals surface area contributed by atoms with Gasteiger partial charge in [0.05, 0.1) is 11.4 Å². The first-order chi connectivity index (χ1) is 9.97. The average molecular weight is 303 g/mol. The zero-order valence-electron chi connectivity index (χ0n) is 12.6. The summed E-state index contributed by atoms with van der Waals surface area (Å²) in [5.41, 5.74) is 8.12. The minimum atomic E-state index is -0.0418. The number of nitrogen functional groups attached to an aromatic ring is 1. The molecule has 1 amide bonds. The molecule has 0 spiro atoms. The fraction of sp³-hybridized carbons (Fsp3) is 0.312. The van der Waals surface area contributed by atoms with E-state index in [1.54, 1.807) is 42.5 Å². The van der Waals surface area contributed by atoms with Gasteiger partial charge < -0.3 is 16.0 Å². The summed E-state index contributed by atoms with van der Waals surface area (Å²) in [4.78, 5) is 14.8. The van der Waals surface area contributed by atoms with Crippen LogP contribution >= 0.6 is 11.3 Å². The van der Waals surface area contributed by atoms with E-state index in [4.69, 9.17) is 5.73 Å². The van der Waals surface area contributed by atoms with Crippen molar-refractivity contribution in [2.45, 2.75) is 19.4 Å². The minimum Gasteiger partial charge on any atom is -0.397 e. The van der Waals surface area contributed by atoms with E-state index in [0.717, 1.165) is 12.1 Å². The van der Waals surface area contributed by atoms with Gasteiger partial charge in [-0.3, -0.25) is 4.79 Å². The highest BCUT2D eigenvalue weighted by Crippen LogP contribution is 2.22. The number of hydrogen-bond donors (Lipinski definition) is 2. The molecule has 3 N–H and O–H groups in total. The van der Waals surface area contributed by atoms with Gasteiger partial charge in [-0.15, -0.1) is 11.3 Å². The van der Waals surface area contributed by atoms with Crippen molar-refractivity contribution < 1.29 is 4.79 Å². The number of rotatable bonds is 5. The monoisotopic (exact) mass is 303 g/mol. The fourth-order valence-electron chi connectivity index (χ4n) is 2.13. The predicted octanol–water partition coefficient (Wildman–Crippen LogP) is 3.08. The molecule has 1 aromatic carbocycles. The number of benzene rings is 1. The molecule has 1 atom stereocenters. The van der Waals surface area contributed by atoms with Crippen molar-refractivity contribution in [1.82, 2.24) is 4.90 Å². The van der Waals surface area contributed by atoms with Crippen molar-refractivity contribution in [3.8, 4) is 0 Å². The summed E-state index contributed by atoms with van der Waals surface area (Å²) < 4.78 is 0. The Kier molecular flexibility index (Phi) is 4.85. The van der Waals surface area contributed by atoms with Gasteiger partial charge in [0.2, 0.25) is 0 Å². The summed E-state index contributed by atoms with van der Waals surface area (Å²) in [5.74, 6) is -0.0418. The Balaban J connectivity index is 2.05. The predicted molar refractivity (Wildman–Crippen MR) is 90.0 cm³/mol. The number of nitrogens with one attached hydrogen (secondary N) is 1. The summed E-state index contributed by atoms with van der Waals surface area (Å²) in [6, 6.07) is 9.87. The molecule has 0 saturated carbocycles. The van der Waals surface area contributed by atoms with Gasteiger partial charge in [-0.25, -0.2) is 0 Å². The molecule has 4 nitrogen and oxygen atoms in total. The van der Waals surface area contributed by atoms with E-state index in [0.29, 0.717) is 11.3 Å². The van der Waals surface area contributed by atoms with Gasteiger partial charge in [0.15, 0.2) is 0 Å². The smallest absolute Gasteiger partial charge is 0.253 e. The van der Waals surface area contributed by atoms with E-state index in [9.17, 15) is 4.79 Å². The highest BCUT2D eigenvalue weighted by Gasteiger charge is 2.11. The lowest BCUT2D eigenvalue weighted by atomic mass is 10.1. The molecule has 21 heavy (non-hydrogen) atoms. The maximum Gasteiger partial charge on any atom is 0.253 e. The van der Waals surface area contributed by atoms with Gasteiger partial charge in [0.25, 0.3) is 5.91 Å². The molecule has 2 rings (SSSR count). The first kappa shape index (κ1) is 15.4. The number of amides is 1. The van der Waals surface area contributed by atoms with Crippen LogP contribution < -0.4 is 11.1 Å². The van der Waals surface area contributed by atoms with Crippen LogP contribution in [0.1, 0.15) is 22.2 Å². The minimum absolute atomic E-state index is 0.0418. The standard InChI is InChI=1S/C16H21N3OS/c1-11(9-13-5-4-8-21-13)18-15-7-6-12(10-14(15)17)16(20)19(2)3/h4-8,10-11,18H,9,17H2,1-3H3. The van der Waals surface area contributed by atoms with Crippen LogP contribution in [0.15, 0.2) is 35.7 Å². The van der Waals surface area contributed by atoms with E-state index in [2.05, 4.69) is 29.8 Å². The van der Waals surface area contributed by atoms with Crippen molar-refractivity contribution in [1.29, 1.82) is 0 Å². The van der Waals surface area contributed by atoms with Gasteiger partial charge in [-0.05, 0) is 36.6 Å². The Morgan fingerprint density at radius 2 is 2.14 bits per heavy atom. The summed E-state index contributed by atoms with van der Waals surface area (Å²) in [7, 11) is 3.46. The molecule has 0 fully saturated rings. The molecule has 0 aliphatic heterocycles. The maximum absolute atomic E-state index is 11.9. The van der Waals surface area contributed by atoms with Gasteiger partial charge in [0, 0.05) is 37.0 Å². The third kappa shape index (κ3) is 3.98. The highest BCUT2D eigenvalue weighted by atomic mass is 32.1. The molecule has 1 aromatic heterocycles. The van der Waals surface area contributed by atoms with Crippen molar-refractivity contribution in [2.75, 3.05) is 25.1 Å². The summed E-state index contributed by atoms with van der Waals surface area (Å²) in [5, 5.41) is 5.48. The topological polar surface area (TPSA) is 58.4 Å². The number of nitrogens with zero attached hydrogens (tertiary/aromatic N) is 1. The van der Waals surface area contributed by atoms with E-state index < -0.39 is 0 Å². The number of carbonyl (C=O) groups excluding carboxylic acids is 1. The first-order valence-electron chi connectivity index (χ1n) is 6.87. The van der Waals surface area contributed by atoms with Crippen molar-refractivity contribution >= 4 is 28.6 Å². The molecule has 112 valence electrons. The number of anilines is 2. The largest absolute Gasteiger partial charge is 0.397 e. The molecule has 0 bridgehead atoms. The summed E-state index contributed by atoms with van der Waals surface area (Å²) in [6.07, 6.45) is 0.954. The lowest BCUT2D eigenvalue weighted by Gasteiger charge is -2.17. The van der Waals surface area contributed by atoms with Crippen molar-refractivity contribution in [3.63, 3.8) is 0 Å². The molecule has 2 aromatic rings. The van der Waals surface area contributed by atoms with Crippen LogP contribution in [0.25, 0.3) is 0 Å². The molecule has 0 aliphatic carbocycles. The maximum atomic E-state index is 11.9. The van der Waals surface area contributed by atoms with Crippen molar-refractivity contribution in [2.24, 2.45) is 0 Å².